The van der Waals surface area contributed by atoms with Gasteiger partial charge in [0, 0.05) is 25.3 Å². The molecule has 2 aliphatic rings. The van der Waals surface area contributed by atoms with Crippen LogP contribution in [-0.2, 0) is 4.74 Å². The van der Waals surface area contributed by atoms with Gasteiger partial charge in [0.25, 0.3) is 5.91 Å². The van der Waals surface area contributed by atoms with Gasteiger partial charge in [-0.1, -0.05) is 0 Å². The fourth-order valence-electron chi connectivity index (χ4n) is 3.24. The van der Waals surface area contributed by atoms with Gasteiger partial charge in [-0.15, -0.1) is 0 Å². The van der Waals surface area contributed by atoms with Crippen LogP contribution in [0.2, 0.25) is 0 Å². The number of aromatic nitrogens is 1. The average Bonchev–Trinajstić information content (AvgIpc) is 3.04. The number of carbonyl (C=O) groups excluding carboxylic acids is 1. The number of hydrogen-bond acceptors (Lipinski definition) is 2. The molecule has 1 saturated heterocycles. The molecular formula is C13H18N2O2. The molecule has 1 saturated carbocycles. The van der Waals surface area contributed by atoms with Crippen molar-refractivity contribution >= 4 is 5.91 Å². The van der Waals surface area contributed by atoms with Gasteiger partial charge in [-0.25, -0.2) is 0 Å². The Balaban J connectivity index is 1.76. The molecule has 0 radical (unpaired) electrons. The number of ether oxygens (including phenoxy) is 1. The molecule has 1 aromatic heterocycles. The highest BCUT2D eigenvalue weighted by Crippen LogP contribution is 2.40. The van der Waals surface area contributed by atoms with E-state index in [-0.39, 0.29) is 18.1 Å². The predicted molar refractivity (Wildman–Crippen MR) is 63.8 cm³/mol. The van der Waals surface area contributed by atoms with E-state index in [9.17, 15) is 4.79 Å². The Kier molecular flexibility index (Phi) is 2.67. The average molecular weight is 234 g/mol. The first-order valence-corrected chi connectivity index (χ1v) is 6.37. The van der Waals surface area contributed by atoms with Gasteiger partial charge in [-0.05, 0) is 31.9 Å². The molecule has 0 aromatic carbocycles. The molecule has 4 heteroatoms. The normalized spacial score (nSPS) is 31.1. The third-order valence-electron chi connectivity index (χ3n) is 3.96. The van der Waals surface area contributed by atoms with Crippen molar-refractivity contribution in [3.8, 4) is 0 Å². The number of nitrogens with one attached hydrogen (secondary N) is 1. The zero-order valence-electron chi connectivity index (χ0n) is 10.1. The number of carbonyl (C=O) groups is 1. The summed E-state index contributed by atoms with van der Waals surface area (Å²) in [7, 11) is 0. The molecule has 2 fully saturated rings. The predicted octanol–water partition coefficient (Wildman–Crippen LogP) is 1.65. The van der Waals surface area contributed by atoms with Crippen LogP contribution < -0.4 is 0 Å². The van der Waals surface area contributed by atoms with Gasteiger partial charge in [0.05, 0.1) is 12.1 Å². The van der Waals surface area contributed by atoms with Gasteiger partial charge in [-0.3, -0.25) is 4.79 Å². The van der Waals surface area contributed by atoms with Gasteiger partial charge in [0.15, 0.2) is 0 Å². The van der Waals surface area contributed by atoms with Crippen LogP contribution in [0.5, 0.6) is 0 Å². The molecule has 1 aliphatic carbocycles. The number of rotatable bonds is 3. The van der Waals surface area contributed by atoms with E-state index in [4.69, 9.17) is 4.74 Å². The van der Waals surface area contributed by atoms with Crippen LogP contribution in [0, 0.1) is 5.92 Å². The second-order valence-corrected chi connectivity index (χ2v) is 4.87. The van der Waals surface area contributed by atoms with E-state index in [1.807, 2.05) is 24.0 Å². The van der Waals surface area contributed by atoms with Crippen molar-refractivity contribution in [3.05, 3.63) is 24.0 Å². The monoisotopic (exact) mass is 234 g/mol. The quantitative estimate of drug-likeness (QED) is 0.864. The highest BCUT2D eigenvalue weighted by molar-refractivity contribution is 5.93. The fourth-order valence-corrected chi connectivity index (χ4v) is 3.24. The van der Waals surface area contributed by atoms with Crippen molar-refractivity contribution in [1.29, 1.82) is 0 Å². The zero-order chi connectivity index (χ0) is 11.8. The number of H-pyrrole nitrogens is 1. The van der Waals surface area contributed by atoms with E-state index >= 15 is 0 Å². The maximum Gasteiger partial charge on any atom is 0.270 e. The van der Waals surface area contributed by atoms with Crippen molar-refractivity contribution in [3.63, 3.8) is 0 Å². The molecule has 3 atom stereocenters. The van der Waals surface area contributed by atoms with Crippen molar-refractivity contribution in [2.24, 2.45) is 5.92 Å². The maximum absolute atomic E-state index is 12.3. The summed E-state index contributed by atoms with van der Waals surface area (Å²) in [5.41, 5.74) is 0.688. The highest BCUT2D eigenvalue weighted by atomic mass is 16.5. The molecule has 92 valence electrons. The van der Waals surface area contributed by atoms with E-state index in [1.165, 1.54) is 6.42 Å². The van der Waals surface area contributed by atoms with Gasteiger partial charge in [0.1, 0.15) is 5.69 Å². The lowest BCUT2D eigenvalue weighted by Gasteiger charge is -2.26. The number of piperidine rings is 1. The van der Waals surface area contributed by atoms with E-state index in [2.05, 4.69) is 4.98 Å². The number of amides is 1. The Morgan fingerprint density at radius 2 is 2.47 bits per heavy atom. The van der Waals surface area contributed by atoms with Gasteiger partial charge < -0.3 is 14.6 Å². The Labute approximate surface area is 101 Å². The smallest absolute Gasteiger partial charge is 0.270 e. The van der Waals surface area contributed by atoms with Crippen LogP contribution in [0.3, 0.4) is 0 Å². The summed E-state index contributed by atoms with van der Waals surface area (Å²) < 4.78 is 5.78. The minimum atomic E-state index is 0.118. The summed E-state index contributed by atoms with van der Waals surface area (Å²) in [6.45, 7) is 3.62. The van der Waals surface area contributed by atoms with Crippen molar-refractivity contribution in [2.75, 3.05) is 13.2 Å². The molecule has 2 heterocycles. The van der Waals surface area contributed by atoms with E-state index < -0.39 is 0 Å². The highest BCUT2D eigenvalue weighted by Gasteiger charge is 2.49. The third-order valence-corrected chi connectivity index (χ3v) is 3.96. The molecule has 1 amide bonds. The fraction of sp³-hybridized carbons (Fsp3) is 0.615. The maximum atomic E-state index is 12.3. The summed E-state index contributed by atoms with van der Waals surface area (Å²) in [6.07, 6.45) is 4.34. The number of fused-ring (bicyclic) bond motifs is 2. The molecule has 1 aromatic rings. The summed E-state index contributed by atoms with van der Waals surface area (Å²) in [5, 5.41) is 0. The van der Waals surface area contributed by atoms with E-state index in [0.717, 1.165) is 19.6 Å². The van der Waals surface area contributed by atoms with Gasteiger partial charge in [0.2, 0.25) is 0 Å². The van der Waals surface area contributed by atoms with Gasteiger partial charge in [-0.2, -0.15) is 0 Å². The molecule has 17 heavy (non-hydrogen) atoms. The first-order valence-electron chi connectivity index (χ1n) is 6.37. The van der Waals surface area contributed by atoms with Crippen molar-refractivity contribution in [2.45, 2.75) is 31.9 Å². The minimum absolute atomic E-state index is 0.118. The molecule has 4 nitrogen and oxygen atoms in total. The van der Waals surface area contributed by atoms with Gasteiger partial charge >= 0.3 is 0 Å². The van der Waals surface area contributed by atoms with Crippen LogP contribution in [-0.4, -0.2) is 41.1 Å². The van der Waals surface area contributed by atoms with Crippen LogP contribution in [0.1, 0.15) is 30.3 Å². The van der Waals surface area contributed by atoms with Crippen LogP contribution in [0.4, 0.5) is 0 Å². The number of likely N-dealkylation sites (tertiary alicyclic amines) is 1. The lowest BCUT2D eigenvalue weighted by molar-refractivity contribution is 0.0331. The summed E-state index contributed by atoms with van der Waals surface area (Å²) >= 11 is 0. The summed E-state index contributed by atoms with van der Waals surface area (Å²) in [5.74, 6) is 0.658. The number of hydrogen-bond donors (Lipinski definition) is 1. The SMILES string of the molecule is CCOC1C2CCC1N(C(=O)c1ccc[nH]1)C2. The lowest BCUT2D eigenvalue weighted by Crippen LogP contribution is -2.40. The number of aromatic amines is 1. The Morgan fingerprint density at radius 3 is 3.18 bits per heavy atom. The molecule has 2 bridgehead atoms. The molecular weight excluding hydrogens is 216 g/mol. The van der Waals surface area contributed by atoms with E-state index in [1.54, 1.807) is 6.20 Å². The van der Waals surface area contributed by atoms with Crippen LogP contribution in [0.25, 0.3) is 0 Å². The Morgan fingerprint density at radius 1 is 1.59 bits per heavy atom. The molecule has 1 N–H and O–H groups in total. The minimum Gasteiger partial charge on any atom is -0.376 e. The number of nitrogens with zero attached hydrogens (tertiary/aromatic N) is 1. The second-order valence-electron chi connectivity index (χ2n) is 4.87. The van der Waals surface area contributed by atoms with Crippen LogP contribution >= 0.6 is 0 Å². The molecule has 0 spiro atoms. The first-order chi connectivity index (χ1) is 8.31. The van der Waals surface area contributed by atoms with Crippen molar-refractivity contribution < 1.29 is 9.53 Å². The zero-order valence-corrected chi connectivity index (χ0v) is 10.1. The molecule has 3 unspecified atom stereocenters. The van der Waals surface area contributed by atoms with Crippen LogP contribution in [0.15, 0.2) is 18.3 Å². The second kappa shape index (κ2) is 4.18. The Bertz CT molecular complexity index is 402. The molecule has 3 rings (SSSR count). The Hall–Kier alpha value is -1.29. The largest absolute Gasteiger partial charge is 0.376 e. The topological polar surface area (TPSA) is 45.3 Å². The lowest BCUT2D eigenvalue weighted by atomic mass is 10.1. The van der Waals surface area contributed by atoms with Crippen molar-refractivity contribution in [1.82, 2.24) is 9.88 Å². The van der Waals surface area contributed by atoms with E-state index in [0.29, 0.717) is 11.6 Å². The summed E-state index contributed by atoms with van der Waals surface area (Å²) in [6, 6.07) is 3.99. The summed E-state index contributed by atoms with van der Waals surface area (Å²) in [4.78, 5) is 17.3. The third kappa shape index (κ3) is 1.67. The first kappa shape index (κ1) is 10.8. The molecule has 1 aliphatic heterocycles. The standard InChI is InChI=1S/C13H18N2O2/c1-2-17-12-9-5-6-11(12)15(8-9)13(16)10-4-3-7-14-10/h3-4,7,9,11-12,14H,2,5-6,8H2,1H3.